The SMILES string of the molecule is COc1ccc(CCOC(=O)c2ccccc2NC(=O)c2ccco2)cc1. The van der Waals surface area contributed by atoms with Crippen molar-refractivity contribution < 1.29 is 23.5 Å². The molecule has 6 nitrogen and oxygen atoms in total. The molecule has 3 aromatic rings. The van der Waals surface area contributed by atoms with E-state index in [9.17, 15) is 9.59 Å². The van der Waals surface area contributed by atoms with E-state index >= 15 is 0 Å². The summed E-state index contributed by atoms with van der Waals surface area (Å²) < 4.78 is 15.5. The van der Waals surface area contributed by atoms with Gasteiger partial charge in [0.1, 0.15) is 5.75 Å². The lowest BCUT2D eigenvalue weighted by molar-refractivity contribution is 0.0510. The number of nitrogens with one attached hydrogen (secondary N) is 1. The van der Waals surface area contributed by atoms with Crippen LogP contribution in [0.25, 0.3) is 0 Å². The number of hydrogen-bond acceptors (Lipinski definition) is 5. The number of benzene rings is 2. The minimum atomic E-state index is -0.501. The molecule has 0 radical (unpaired) electrons. The molecule has 6 heteroatoms. The van der Waals surface area contributed by atoms with Gasteiger partial charge in [0.05, 0.1) is 31.2 Å². The quantitative estimate of drug-likeness (QED) is 0.642. The Morgan fingerprint density at radius 2 is 1.78 bits per heavy atom. The predicted octanol–water partition coefficient (Wildman–Crippen LogP) is 3.94. The first-order valence-corrected chi connectivity index (χ1v) is 8.41. The zero-order valence-electron chi connectivity index (χ0n) is 14.8. The van der Waals surface area contributed by atoms with Crippen LogP contribution >= 0.6 is 0 Å². The summed E-state index contributed by atoms with van der Waals surface area (Å²) in [6, 6.07) is 17.4. The molecular formula is C21H19NO5. The van der Waals surface area contributed by atoms with E-state index in [-0.39, 0.29) is 17.9 Å². The molecule has 1 N–H and O–H groups in total. The summed E-state index contributed by atoms with van der Waals surface area (Å²) in [5, 5.41) is 2.67. The Morgan fingerprint density at radius 1 is 1.00 bits per heavy atom. The smallest absolute Gasteiger partial charge is 0.340 e. The fourth-order valence-electron chi connectivity index (χ4n) is 2.49. The standard InChI is InChI=1S/C21H19NO5/c1-25-16-10-8-15(9-11-16)12-14-27-21(24)17-5-2-3-6-18(17)22-20(23)19-7-4-13-26-19/h2-11,13H,12,14H2,1H3,(H,22,23). The number of ether oxygens (including phenoxy) is 2. The van der Waals surface area contributed by atoms with Gasteiger partial charge in [-0.15, -0.1) is 0 Å². The number of carbonyl (C=O) groups is 2. The number of para-hydroxylation sites is 1. The molecule has 0 atom stereocenters. The van der Waals surface area contributed by atoms with E-state index in [0.29, 0.717) is 12.1 Å². The predicted molar refractivity (Wildman–Crippen MR) is 100 cm³/mol. The third-order valence-corrected chi connectivity index (χ3v) is 3.92. The maximum Gasteiger partial charge on any atom is 0.340 e. The van der Waals surface area contributed by atoms with Crippen LogP contribution in [-0.4, -0.2) is 25.6 Å². The monoisotopic (exact) mass is 365 g/mol. The van der Waals surface area contributed by atoms with Crippen LogP contribution in [-0.2, 0) is 11.2 Å². The molecule has 0 bridgehead atoms. The summed E-state index contributed by atoms with van der Waals surface area (Å²) in [4.78, 5) is 24.5. The Kier molecular flexibility index (Phi) is 5.89. The molecule has 0 aliphatic rings. The van der Waals surface area contributed by atoms with E-state index < -0.39 is 11.9 Å². The lowest BCUT2D eigenvalue weighted by atomic mass is 10.1. The Balaban J connectivity index is 1.60. The maximum absolute atomic E-state index is 12.4. The highest BCUT2D eigenvalue weighted by atomic mass is 16.5. The number of rotatable bonds is 7. The normalized spacial score (nSPS) is 10.3. The topological polar surface area (TPSA) is 77.8 Å². The molecule has 0 aliphatic carbocycles. The fourth-order valence-corrected chi connectivity index (χ4v) is 2.49. The van der Waals surface area contributed by atoms with Crippen molar-refractivity contribution in [2.75, 3.05) is 19.0 Å². The molecule has 1 heterocycles. The molecule has 0 saturated carbocycles. The summed E-state index contributed by atoms with van der Waals surface area (Å²) in [5.74, 6) is 0.00647. The lowest BCUT2D eigenvalue weighted by Crippen LogP contribution is -2.16. The molecule has 0 unspecified atom stereocenters. The first-order valence-electron chi connectivity index (χ1n) is 8.41. The van der Waals surface area contributed by atoms with E-state index in [2.05, 4.69) is 5.32 Å². The number of methoxy groups -OCH3 is 1. The molecule has 1 aromatic heterocycles. The van der Waals surface area contributed by atoms with Gasteiger partial charge in [-0.2, -0.15) is 0 Å². The molecule has 27 heavy (non-hydrogen) atoms. The van der Waals surface area contributed by atoms with Crippen LogP contribution < -0.4 is 10.1 Å². The number of esters is 1. The van der Waals surface area contributed by atoms with Crippen molar-refractivity contribution >= 4 is 17.6 Å². The minimum Gasteiger partial charge on any atom is -0.497 e. The highest BCUT2D eigenvalue weighted by Gasteiger charge is 2.16. The summed E-state index contributed by atoms with van der Waals surface area (Å²) in [7, 11) is 1.61. The van der Waals surface area contributed by atoms with E-state index in [1.807, 2.05) is 24.3 Å². The largest absolute Gasteiger partial charge is 0.497 e. The first-order chi connectivity index (χ1) is 13.2. The van der Waals surface area contributed by atoms with E-state index in [4.69, 9.17) is 13.9 Å². The van der Waals surface area contributed by atoms with Crippen LogP contribution in [0.3, 0.4) is 0 Å². The number of anilines is 1. The molecule has 3 rings (SSSR count). The minimum absolute atomic E-state index is 0.165. The van der Waals surface area contributed by atoms with Crippen LogP contribution in [0.15, 0.2) is 71.3 Å². The molecule has 138 valence electrons. The van der Waals surface area contributed by atoms with Gasteiger partial charge in [0.15, 0.2) is 5.76 Å². The number of furan rings is 1. The summed E-state index contributed by atoms with van der Waals surface area (Å²) in [6.07, 6.45) is 1.99. The molecule has 2 aromatic carbocycles. The summed E-state index contributed by atoms with van der Waals surface area (Å²) in [6.45, 7) is 0.228. The van der Waals surface area contributed by atoms with Crippen molar-refractivity contribution in [3.05, 3.63) is 83.8 Å². The van der Waals surface area contributed by atoms with E-state index in [1.54, 1.807) is 43.5 Å². The molecule has 0 saturated heterocycles. The third kappa shape index (κ3) is 4.76. The molecule has 0 aliphatic heterocycles. The average Bonchev–Trinajstić information content (AvgIpc) is 3.24. The third-order valence-electron chi connectivity index (χ3n) is 3.92. The number of amides is 1. The zero-order valence-corrected chi connectivity index (χ0v) is 14.8. The van der Waals surface area contributed by atoms with Gasteiger partial charge in [0.2, 0.25) is 0 Å². The second kappa shape index (κ2) is 8.71. The van der Waals surface area contributed by atoms with Crippen molar-refractivity contribution in [1.82, 2.24) is 0 Å². The van der Waals surface area contributed by atoms with E-state index in [0.717, 1.165) is 11.3 Å². The molecule has 0 spiro atoms. The van der Waals surface area contributed by atoms with Gasteiger partial charge in [-0.1, -0.05) is 24.3 Å². The fraction of sp³-hybridized carbons (Fsp3) is 0.143. The lowest BCUT2D eigenvalue weighted by Gasteiger charge is -2.10. The highest BCUT2D eigenvalue weighted by Crippen LogP contribution is 2.18. The van der Waals surface area contributed by atoms with Crippen molar-refractivity contribution in [2.24, 2.45) is 0 Å². The van der Waals surface area contributed by atoms with Crippen molar-refractivity contribution in [1.29, 1.82) is 0 Å². The average molecular weight is 365 g/mol. The zero-order chi connectivity index (χ0) is 19.1. The van der Waals surface area contributed by atoms with Crippen LogP contribution in [0.1, 0.15) is 26.5 Å². The van der Waals surface area contributed by atoms with Crippen molar-refractivity contribution in [3.8, 4) is 5.75 Å². The molecule has 1 amide bonds. The molecular weight excluding hydrogens is 346 g/mol. The van der Waals surface area contributed by atoms with Gasteiger partial charge in [-0.05, 0) is 42.0 Å². The molecule has 0 fully saturated rings. The summed E-state index contributed by atoms with van der Waals surface area (Å²) >= 11 is 0. The van der Waals surface area contributed by atoms with Crippen LogP contribution in [0.4, 0.5) is 5.69 Å². The van der Waals surface area contributed by atoms with E-state index in [1.165, 1.54) is 6.26 Å². The van der Waals surface area contributed by atoms with Crippen LogP contribution in [0.5, 0.6) is 5.75 Å². The van der Waals surface area contributed by atoms with Crippen molar-refractivity contribution in [3.63, 3.8) is 0 Å². The number of carbonyl (C=O) groups excluding carboxylic acids is 2. The number of hydrogen-bond donors (Lipinski definition) is 1. The highest BCUT2D eigenvalue weighted by molar-refractivity contribution is 6.06. The van der Waals surface area contributed by atoms with Gasteiger partial charge in [-0.3, -0.25) is 4.79 Å². The van der Waals surface area contributed by atoms with Gasteiger partial charge in [-0.25, -0.2) is 4.79 Å². The van der Waals surface area contributed by atoms with Crippen molar-refractivity contribution in [2.45, 2.75) is 6.42 Å². The van der Waals surface area contributed by atoms with Gasteiger partial charge in [0, 0.05) is 6.42 Å². The Hall–Kier alpha value is -3.54. The Morgan fingerprint density at radius 3 is 2.48 bits per heavy atom. The van der Waals surface area contributed by atoms with Crippen LogP contribution in [0.2, 0.25) is 0 Å². The Bertz CT molecular complexity index is 901. The van der Waals surface area contributed by atoms with Gasteiger partial charge >= 0.3 is 5.97 Å². The van der Waals surface area contributed by atoms with Gasteiger partial charge in [0.25, 0.3) is 5.91 Å². The second-order valence-electron chi connectivity index (χ2n) is 5.71. The first kappa shape index (κ1) is 18.3. The summed E-state index contributed by atoms with van der Waals surface area (Å²) in [5.41, 5.74) is 1.68. The maximum atomic E-state index is 12.4. The second-order valence-corrected chi connectivity index (χ2v) is 5.71. The Labute approximate surface area is 156 Å². The van der Waals surface area contributed by atoms with Gasteiger partial charge < -0.3 is 19.2 Å². The van der Waals surface area contributed by atoms with Crippen LogP contribution in [0, 0.1) is 0 Å².